The molecule has 0 aliphatic rings. The highest BCUT2D eigenvalue weighted by Gasteiger charge is 2.01. The molecule has 0 radical (unpaired) electrons. The van der Waals surface area contributed by atoms with E-state index in [0.717, 1.165) is 34.8 Å². The lowest BCUT2D eigenvalue weighted by Gasteiger charge is -2.09. The van der Waals surface area contributed by atoms with Crippen LogP contribution in [0.2, 0.25) is 0 Å². The summed E-state index contributed by atoms with van der Waals surface area (Å²) in [7, 11) is 0. The number of benzene rings is 1. The molecule has 0 aliphatic carbocycles. The van der Waals surface area contributed by atoms with Crippen molar-refractivity contribution in [2.24, 2.45) is 0 Å². The summed E-state index contributed by atoms with van der Waals surface area (Å²) in [4.78, 5) is 8.41. The van der Waals surface area contributed by atoms with Gasteiger partial charge in [0, 0.05) is 22.8 Å². The molecule has 4 nitrogen and oxygen atoms in total. The lowest BCUT2D eigenvalue weighted by molar-refractivity contribution is 0.965. The fourth-order valence-electron chi connectivity index (χ4n) is 1.73. The van der Waals surface area contributed by atoms with Crippen LogP contribution in [0.5, 0.6) is 0 Å². The number of nitrogens with one attached hydrogen (secondary N) is 2. The van der Waals surface area contributed by atoms with Gasteiger partial charge in [-0.3, -0.25) is 0 Å². The van der Waals surface area contributed by atoms with Gasteiger partial charge in [-0.2, -0.15) is 0 Å². The molecule has 0 aliphatic heterocycles. The van der Waals surface area contributed by atoms with E-state index in [2.05, 4.69) is 62.5 Å². The predicted octanol–water partition coefficient (Wildman–Crippen LogP) is 4.11. The van der Waals surface area contributed by atoms with Crippen molar-refractivity contribution in [2.45, 2.75) is 20.3 Å². The van der Waals surface area contributed by atoms with Gasteiger partial charge in [-0.1, -0.05) is 22.9 Å². The molecule has 0 atom stereocenters. The Morgan fingerprint density at radius 3 is 2.63 bits per heavy atom. The fourth-order valence-corrected chi connectivity index (χ4v) is 2.34. The topological polar surface area (TPSA) is 49.8 Å². The number of anilines is 3. The average molecular weight is 321 g/mol. The van der Waals surface area contributed by atoms with Gasteiger partial charge in [-0.05, 0) is 37.1 Å². The highest BCUT2D eigenvalue weighted by molar-refractivity contribution is 9.10. The van der Waals surface area contributed by atoms with Gasteiger partial charge in [0.1, 0.15) is 18.0 Å². The highest BCUT2D eigenvalue weighted by Crippen LogP contribution is 2.22. The van der Waals surface area contributed by atoms with Crippen molar-refractivity contribution in [1.29, 1.82) is 0 Å². The lowest BCUT2D eigenvalue weighted by Crippen LogP contribution is -2.03. The first-order valence-corrected chi connectivity index (χ1v) is 7.07. The monoisotopic (exact) mass is 320 g/mol. The summed E-state index contributed by atoms with van der Waals surface area (Å²) in [5.41, 5.74) is 2.20. The molecule has 0 amide bonds. The van der Waals surface area contributed by atoms with Crippen LogP contribution in [0, 0.1) is 6.92 Å². The second-order valence-corrected chi connectivity index (χ2v) is 5.27. The minimum absolute atomic E-state index is 0.783. The Kier molecular flexibility index (Phi) is 4.74. The van der Waals surface area contributed by atoms with Crippen molar-refractivity contribution in [3.63, 3.8) is 0 Å². The Balaban J connectivity index is 2.13. The largest absolute Gasteiger partial charge is 0.370 e. The average Bonchev–Trinajstić information content (AvgIpc) is 2.35. The third kappa shape index (κ3) is 4.21. The van der Waals surface area contributed by atoms with Gasteiger partial charge in [0.2, 0.25) is 0 Å². The molecule has 1 heterocycles. The molecule has 1 aromatic carbocycles. The molecular formula is C14H17BrN4. The minimum atomic E-state index is 0.783. The van der Waals surface area contributed by atoms with E-state index >= 15 is 0 Å². The summed E-state index contributed by atoms with van der Waals surface area (Å²) in [6.45, 7) is 5.09. The normalized spacial score (nSPS) is 10.3. The third-order valence-electron chi connectivity index (χ3n) is 2.54. The van der Waals surface area contributed by atoms with Crippen molar-refractivity contribution in [3.05, 3.63) is 40.6 Å². The molecule has 0 bridgehead atoms. The van der Waals surface area contributed by atoms with E-state index in [-0.39, 0.29) is 0 Å². The minimum Gasteiger partial charge on any atom is -0.370 e. The fraction of sp³-hybridized carbons (Fsp3) is 0.286. The van der Waals surface area contributed by atoms with E-state index in [0.29, 0.717) is 0 Å². The van der Waals surface area contributed by atoms with Crippen molar-refractivity contribution in [1.82, 2.24) is 9.97 Å². The number of hydrogen-bond acceptors (Lipinski definition) is 4. The zero-order valence-corrected chi connectivity index (χ0v) is 12.7. The highest BCUT2D eigenvalue weighted by atomic mass is 79.9. The molecule has 2 N–H and O–H groups in total. The summed E-state index contributed by atoms with van der Waals surface area (Å²) >= 11 is 3.49. The summed E-state index contributed by atoms with van der Waals surface area (Å²) in [5, 5.41) is 6.52. The third-order valence-corrected chi connectivity index (χ3v) is 3.00. The summed E-state index contributed by atoms with van der Waals surface area (Å²) in [6.07, 6.45) is 2.63. The van der Waals surface area contributed by atoms with Crippen LogP contribution < -0.4 is 10.6 Å². The van der Waals surface area contributed by atoms with Crippen LogP contribution in [-0.4, -0.2) is 16.5 Å². The Morgan fingerprint density at radius 2 is 1.89 bits per heavy atom. The summed E-state index contributed by atoms with van der Waals surface area (Å²) in [5.74, 6) is 1.62. The smallest absolute Gasteiger partial charge is 0.135 e. The molecule has 1 aromatic heterocycles. The number of aromatic nitrogens is 2. The summed E-state index contributed by atoms with van der Waals surface area (Å²) in [6, 6.07) is 8.07. The molecular weight excluding hydrogens is 304 g/mol. The van der Waals surface area contributed by atoms with E-state index in [9.17, 15) is 0 Å². The van der Waals surface area contributed by atoms with E-state index in [1.54, 1.807) is 6.33 Å². The van der Waals surface area contributed by atoms with Crippen LogP contribution in [0.1, 0.15) is 18.9 Å². The van der Waals surface area contributed by atoms with Gasteiger partial charge in [0.05, 0.1) is 0 Å². The molecule has 0 saturated carbocycles. The van der Waals surface area contributed by atoms with Crippen molar-refractivity contribution < 1.29 is 0 Å². The maximum atomic E-state index is 4.22. The van der Waals surface area contributed by atoms with Crippen LogP contribution in [0.4, 0.5) is 17.3 Å². The second kappa shape index (κ2) is 6.52. The molecule has 0 saturated heterocycles. The Morgan fingerprint density at radius 1 is 1.11 bits per heavy atom. The first-order valence-electron chi connectivity index (χ1n) is 6.27. The van der Waals surface area contributed by atoms with E-state index in [4.69, 9.17) is 0 Å². The van der Waals surface area contributed by atoms with Gasteiger partial charge in [-0.25, -0.2) is 9.97 Å². The van der Waals surface area contributed by atoms with Crippen molar-refractivity contribution in [2.75, 3.05) is 17.2 Å². The maximum Gasteiger partial charge on any atom is 0.135 e. The van der Waals surface area contributed by atoms with E-state index < -0.39 is 0 Å². The number of hydrogen-bond donors (Lipinski definition) is 2. The Labute approximate surface area is 121 Å². The van der Waals surface area contributed by atoms with Crippen molar-refractivity contribution >= 4 is 33.3 Å². The zero-order chi connectivity index (χ0) is 13.7. The van der Waals surface area contributed by atoms with Gasteiger partial charge in [-0.15, -0.1) is 0 Å². The Bertz CT molecular complexity index is 537. The molecule has 5 heteroatoms. The first kappa shape index (κ1) is 13.8. The lowest BCUT2D eigenvalue weighted by atomic mass is 10.2. The molecule has 0 fully saturated rings. The van der Waals surface area contributed by atoms with Crippen LogP contribution in [0.3, 0.4) is 0 Å². The number of halogens is 1. The van der Waals surface area contributed by atoms with Gasteiger partial charge in [0.25, 0.3) is 0 Å². The predicted molar refractivity (Wildman–Crippen MR) is 83.0 cm³/mol. The van der Waals surface area contributed by atoms with Gasteiger partial charge < -0.3 is 10.6 Å². The molecule has 100 valence electrons. The first-order chi connectivity index (χ1) is 9.17. The molecule has 0 unspecified atom stereocenters. The summed E-state index contributed by atoms with van der Waals surface area (Å²) < 4.78 is 1.05. The molecule has 0 spiro atoms. The zero-order valence-electron chi connectivity index (χ0n) is 11.1. The Hall–Kier alpha value is -1.62. The maximum absolute atomic E-state index is 4.22. The van der Waals surface area contributed by atoms with Crippen LogP contribution >= 0.6 is 15.9 Å². The number of rotatable bonds is 5. The van der Waals surface area contributed by atoms with Crippen LogP contribution in [0.25, 0.3) is 0 Å². The number of aryl methyl sites for hydroxylation is 1. The van der Waals surface area contributed by atoms with Gasteiger partial charge in [0.15, 0.2) is 0 Å². The molecule has 2 rings (SSSR count). The SMILES string of the molecule is CCCNc1cc(Nc2cc(C)cc(Br)c2)ncn1. The second-order valence-electron chi connectivity index (χ2n) is 4.36. The quantitative estimate of drug-likeness (QED) is 0.870. The standard InChI is InChI=1S/C14H17BrN4/c1-3-4-16-13-8-14(18-9-17-13)19-12-6-10(2)5-11(15)7-12/h5-9H,3-4H2,1-2H3,(H2,16,17,18,19). The van der Waals surface area contributed by atoms with Crippen LogP contribution in [-0.2, 0) is 0 Å². The van der Waals surface area contributed by atoms with Gasteiger partial charge >= 0.3 is 0 Å². The van der Waals surface area contributed by atoms with E-state index in [1.807, 2.05) is 12.1 Å². The van der Waals surface area contributed by atoms with Crippen molar-refractivity contribution in [3.8, 4) is 0 Å². The van der Waals surface area contributed by atoms with E-state index in [1.165, 1.54) is 5.56 Å². The number of nitrogens with zero attached hydrogens (tertiary/aromatic N) is 2. The molecule has 2 aromatic rings. The van der Waals surface area contributed by atoms with Crippen LogP contribution in [0.15, 0.2) is 35.1 Å². The molecule has 19 heavy (non-hydrogen) atoms.